The van der Waals surface area contributed by atoms with Gasteiger partial charge in [0.2, 0.25) is 11.1 Å². The number of nitrogen functional groups attached to an aromatic ring is 1. The van der Waals surface area contributed by atoms with E-state index in [9.17, 15) is 4.79 Å². The lowest BCUT2D eigenvalue weighted by molar-refractivity contribution is -0.127. The molecule has 0 aliphatic heterocycles. The second kappa shape index (κ2) is 8.94. The van der Waals surface area contributed by atoms with E-state index in [1.807, 2.05) is 37.3 Å². The molecule has 1 aromatic carbocycles. The molecule has 2 rings (SSSR count). The monoisotopic (exact) mass is 360 g/mol. The minimum Gasteiger partial charge on any atom is -0.494 e. The highest BCUT2D eigenvalue weighted by Gasteiger charge is 2.15. The van der Waals surface area contributed by atoms with Crippen molar-refractivity contribution in [1.82, 2.24) is 19.8 Å². The third-order valence-corrected chi connectivity index (χ3v) is 4.33. The summed E-state index contributed by atoms with van der Waals surface area (Å²) in [5.41, 5.74) is 0.808. The molecule has 0 aliphatic rings. The van der Waals surface area contributed by atoms with Gasteiger partial charge in [-0.2, -0.15) is 5.26 Å². The number of ether oxygens (including phenoxy) is 1. The lowest BCUT2D eigenvalue weighted by atomic mass is 10.2. The number of nitriles is 1. The molecular formula is C16H20N6O2S. The number of thioether (sulfide) groups is 1. The van der Waals surface area contributed by atoms with Crippen molar-refractivity contribution in [2.45, 2.75) is 18.5 Å². The molecular weight excluding hydrogens is 340 g/mol. The van der Waals surface area contributed by atoms with Crippen molar-refractivity contribution in [3.05, 3.63) is 24.3 Å². The largest absolute Gasteiger partial charge is 0.494 e. The first kappa shape index (κ1) is 18.6. The number of benzene rings is 1. The van der Waals surface area contributed by atoms with Gasteiger partial charge in [-0.15, -0.1) is 10.2 Å². The van der Waals surface area contributed by atoms with Crippen molar-refractivity contribution in [2.24, 2.45) is 0 Å². The summed E-state index contributed by atoms with van der Waals surface area (Å²) < 4.78 is 6.77. The van der Waals surface area contributed by atoms with Crippen LogP contribution in [0.4, 0.5) is 0 Å². The van der Waals surface area contributed by atoms with Crippen LogP contribution < -0.4 is 10.6 Å². The molecule has 2 N–H and O–H groups in total. The van der Waals surface area contributed by atoms with Gasteiger partial charge in [-0.1, -0.05) is 11.8 Å². The van der Waals surface area contributed by atoms with Crippen LogP contribution in [0, 0.1) is 11.3 Å². The molecule has 2 aromatic rings. The molecule has 0 spiro atoms. The van der Waals surface area contributed by atoms with E-state index >= 15 is 0 Å². The van der Waals surface area contributed by atoms with Crippen molar-refractivity contribution >= 4 is 17.7 Å². The van der Waals surface area contributed by atoms with E-state index in [-0.39, 0.29) is 11.7 Å². The zero-order chi connectivity index (χ0) is 18.2. The smallest absolute Gasteiger partial charge is 0.232 e. The molecule has 0 radical (unpaired) electrons. The molecule has 9 heteroatoms. The van der Waals surface area contributed by atoms with Crippen molar-refractivity contribution in [3.63, 3.8) is 0 Å². The van der Waals surface area contributed by atoms with E-state index in [1.54, 1.807) is 7.05 Å². The Morgan fingerprint density at radius 3 is 2.76 bits per heavy atom. The van der Waals surface area contributed by atoms with E-state index in [2.05, 4.69) is 10.2 Å². The van der Waals surface area contributed by atoms with Crippen LogP contribution in [0.3, 0.4) is 0 Å². The molecule has 0 atom stereocenters. The zero-order valence-electron chi connectivity index (χ0n) is 14.2. The average Bonchev–Trinajstić information content (AvgIpc) is 2.99. The van der Waals surface area contributed by atoms with Gasteiger partial charge < -0.3 is 15.5 Å². The molecule has 8 nitrogen and oxygen atoms in total. The second-order valence-electron chi connectivity index (χ2n) is 5.15. The molecule has 1 aromatic heterocycles. The summed E-state index contributed by atoms with van der Waals surface area (Å²) in [4.78, 5) is 13.5. The first-order valence-corrected chi connectivity index (χ1v) is 8.72. The Balaban J connectivity index is 2.01. The zero-order valence-corrected chi connectivity index (χ0v) is 15.0. The third kappa shape index (κ3) is 4.87. The second-order valence-corrected chi connectivity index (χ2v) is 6.09. The van der Waals surface area contributed by atoms with Crippen LogP contribution in [-0.2, 0) is 4.79 Å². The van der Waals surface area contributed by atoms with Gasteiger partial charge in [0, 0.05) is 19.2 Å². The Bertz CT molecular complexity index is 753. The number of carbonyl (C=O) groups excluding carboxylic acids is 1. The van der Waals surface area contributed by atoms with E-state index in [4.69, 9.17) is 15.8 Å². The number of nitrogens with two attached hydrogens (primary N) is 1. The fourth-order valence-electron chi connectivity index (χ4n) is 2.02. The molecule has 0 unspecified atom stereocenters. The Labute approximate surface area is 150 Å². The molecule has 0 saturated carbocycles. The van der Waals surface area contributed by atoms with Gasteiger partial charge in [-0.05, 0) is 31.2 Å². The predicted molar refractivity (Wildman–Crippen MR) is 95.4 cm³/mol. The number of carbonyl (C=O) groups is 1. The predicted octanol–water partition coefficient (Wildman–Crippen LogP) is 1.52. The summed E-state index contributed by atoms with van der Waals surface area (Å²) >= 11 is 1.21. The van der Waals surface area contributed by atoms with Gasteiger partial charge in [0.25, 0.3) is 0 Å². The first-order chi connectivity index (χ1) is 12.1. The number of nitrogens with zero attached hydrogens (tertiary/aromatic N) is 5. The van der Waals surface area contributed by atoms with Crippen LogP contribution in [0.15, 0.2) is 29.4 Å². The number of amides is 1. The van der Waals surface area contributed by atoms with Crippen LogP contribution >= 0.6 is 11.8 Å². The van der Waals surface area contributed by atoms with Gasteiger partial charge in [0.1, 0.15) is 5.75 Å². The Hall–Kier alpha value is -2.73. The quantitative estimate of drug-likeness (QED) is 0.561. The Morgan fingerprint density at radius 2 is 2.12 bits per heavy atom. The average molecular weight is 360 g/mol. The molecule has 1 heterocycles. The van der Waals surface area contributed by atoms with E-state index in [0.29, 0.717) is 30.6 Å². The van der Waals surface area contributed by atoms with Crippen molar-refractivity contribution < 1.29 is 9.53 Å². The molecule has 0 bridgehead atoms. The summed E-state index contributed by atoms with van der Waals surface area (Å²) in [5, 5.41) is 17.1. The lowest BCUT2D eigenvalue weighted by Crippen LogP contribution is -2.29. The van der Waals surface area contributed by atoms with Crippen LogP contribution in [0.25, 0.3) is 11.4 Å². The van der Waals surface area contributed by atoms with Gasteiger partial charge in [0.05, 0.1) is 24.8 Å². The van der Waals surface area contributed by atoms with E-state index in [0.717, 1.165) is 11.3 Å². The molecule has 0 saturated heterocycles. The molecule has 25 heavy (non-hydrogen) atoms. The van der Waals surface area contributed by atoms with Gasteiger partial charge >= 0.3 is 0 Å². The van der Waals surface area contributed by atoms with Gasteiger partial charge in [-0.3, -0.25) is 4.79 Å². The molecule has 1 amide bonds. The standard InChI is InChI=1S/C16H20N6O2S/c1-3-24-13-7-5-12(6-8-13)15-19-20-16(22(15)18)25-11-14(23)21(2)10-4-9-17/h5-8H,3-4,10-11,18H2,1-2H3. The normalized spacial score (nSPS) is 10.3. The summed E-state index contributed by atoms with van der Waals surface area (Å²) in [5.74, 6) is 7.42. The molecule has 0 fully saturated rings. The number of rotatable bonds is 8. The van der Waals surface area contributed by atoms with Crippen LogP contribution in [-0.4, -0.2) is 51.6 Å². The summed E-state index contributed by atoms with van der Waals surface area (Å²) in [7, 11) is 1.67. The first-order valence-electron chi connectivity index (χ1n) is 7.74. The minimum absolute atomic E-state index is 0.0918. The maximum absolute atomic E-state index is 12.0. The number of hydrogen-bond donors (Lipinski definition) is 1. The maximum atomic E-state index is 12.0. The van der Waals surface area contributed by atoms with Crippen molar-refractivity contribution in [2.75, 3.05) is 31.8 Å². The summed E-state index contributed by atoms with van der Waals surface area (Å²) in [6.45, 7) is 2.93. The van der Waals surface area contributed by atoms with E-state index < -0.39 is 0 Å². The highest BCUT2D eigenvalue weighted by atomic mass is 32.2. The Kier molecular flexibility index (Phi) is 6.65. The Morgan fingerprint density at radius 1 is 1.40 bits per heavy atom. The highest BCUT2D eigenvalue weighted by molar-refractivity contribution is 7.99. The summed E-state index contributed by atoms with van der Waals surface area (Å²) in [6.07, 6.45) is 0.307. The fraction of sp³-hybridized carbons (Fsp3) is 0.375. The van der Waals surface area contributed by atoms with Gasteiger partial charge in [-0.25, -0.2) is 4.68 Å². The lowest BCUT2D eigenvalue weighted by Gasteiger charge is -2.14. The van der Waals surface area contributed by atoms with E-state index in [1.165, 1.54) is 21.3 Å². The molecule has 0 aliphatic carbocycles. The third-order valence-electron chi connectivity index (χ3n) is 3.40. The highest BCUT2D eigenvalue weighted by Crippen LogP contribution is 2.23. The maximum Gasteiger partial charge on any atom is 0.232 e. The van der Waals surface area contributed by atoms with Crippen molar-refractivity contribution in [3.8, 4) is 23.2 Å². The van der Waals surface area contributed by atoms with Gasteiger partial charge in [0.15, 0.2) is 5.82 Å². The number of hydrogen-bond acceptors (Lipinski definition) is 7. The SMILES string of the molecule is CCOc1ccc(-c2nnc(SCC(=O)N(C)CCC#N)n2N)cc1. The van der Waals surface area contributed by atoms with Crippen LogP contribution in [0.1, 0.15) is 13.3 Å². The minimum atomic E-state index is -0.0918. The summed E-state index contributed by atoms with van der Waals surface area (Å²) in [6, 6.07) is 9.41. The van der Waals surface area contributed by atoms with Crippen molar-refractivity contribution in [1.29, 1.82) is 5.26 Å². The molecule has 132 valence electrons. The fourth-order valence-corrected chi connectivity index (χ4v) is 2.82. The van der Waals surface area contributed by atoms with Crippen LogP contribution in [0.2, 0.25) is 0 Å². The van der Waals surface area contributed by atoms with Crippen LogP contribution in [0.5, 0.6) is 5.75 Å². The number of aromatic nitrogens is 3. The topological polar surface area (TPSA) is 110 Å².